The molecule has 0 spiro atoms. The lowest BCUT2D eigenvalue weighted by Crippen LogP contribution is -2.41. The molecule has 24 heavy (non-hydrogen) atoms. The first-order valence-electron chi connectivity index (χ1n) is 7.66. The minimum Gasteiger partial charge on any atom is -0.465 e. The molecule has 1 aliphatic heterocycles. The second kappa shape index (κ2) is 6.90. The second-order valence-electron chi connectivity index (χ2n) is 6.70. The van der Waals surface area contributed by atoms with Gasteiger partial charge in [0.15, 0.2) is 0 Å². The van der Waals surface area contributed by atoms with Crippen molar-refractivity contribution in [3.8, 4) is 0 Å². The van der Waals surface area contributed by atoms with E-state index in [-0.39, 0.29) is 5.56 Å². The van der Waals surface area contributed by atoms with Crippen LogP contribution in [0.5, 0.6) is 0 Å². The highest BCUT2D eigenvalue weighted by Crippen LogP contribution is 2.39. The Bertz CT molecular complexity index is 657. The number of rotatable bonds is 4. The standard InChI is InChI=1S/C17H22BFO4S/c1-16(2)17(3,4)23-18(22-16)12(10-24)8-11-6-7-13(14(19)9-11)15(20)21-5/h6-9,24H,10H2,1-5H3. The van der Waals surface area contributed by atoms with Gasteiger partial charge in [-0.2, -0.15) is 12.6 Å². The van der Waals surface area contributed by atoms with Gasteiger partial charge in [0.1, 0.15) is 5.82 Å². The minimum atomic E-state index is -0.705. The van der Waals surface area contributed by atoms with Crippen LogP contribution in [-0.2, 0) is 14.0 Å². The van der Waals surface area contributed by atoms with Gasteiger partial charge in [0.2, 0.25) is 0 Å². The second-order valence-corrected chi connectivity index (χ2v) is 7.01. The molecule has 1 fully saturated rings. The molecule has 0 amide bonds. The zero-order chi connectivity index (χ0) is 18.1. The summed E-state index contributed by atoms with van der Waals surface area (Å²) in [5, 5.41) is 0. The van der Waals surface area contributed by atoms with Crippen LogP contribution >= 0.6 is 12.6 Å². The summed E-state index contributed by atoms with van der Waals surface area (Å²) in [4.78, 5) is 11.4. The number of carbonyl (C=O) groups is 1. The zero-order valence-electron chi connectivity index (χ0n) is 14.6. The van der Waals surface area contributed by atoms with Crippen LogP contribution in [0.2, 0.25) is 0 Å². The van der Waals surface area contributed by atoms with Crippen molar-refractivity contribution >= 4 is 31.8 Å². The molecule has 7 heteroatoms. The molecular formula is C17H22BFO4S. The van der Waals surface area contributed by atoms with Crippen molar-refractivity contribution in [1.82, 2.24) is 0 Å². The Morgan fingerprint density at radius 2 is 1.88 bits per heavy atom. The van der Waals surface area contributed by atoms with Gasteiger partial charge in [-0.15, -0.1) is 0 Å². The number of hydrogen-bond donors (Lipinski definition) is 1. The van der Waals surface area contributed by atoms with E-state index in [1.54, 1.807) is 12.1 Å². The van der Waals surface area contributed by atoms with Crippen LogP contribution in [0.3, 0.4) is 0 Å². The Balaban J connectivity index is 2.29. The molecule has 1 saturated heterocycles. The van der Waals surface area contributed by atoms with E-state index in [2.05, 4.69) is 17.4 Å². The summed E-state index contributed by atoms with van der Waals surface area (Å²) in [6, 6.07) is 4.32. The van der Waals surface area contributed by atoms with Crippen LogP contribution in [0.4, 0.5) is 4.39 Å². The fraction of sp³-hybridized carbons (Fsp3) is 0.471. The Morgan fingerprint density at radius 3 is 2.33 bits per heavy atom. The van der Waals surface area contributed by atoms with Gasteiger partial charge in [0, 0.05) is 5.75 Å². The van der Waals surface area contributed by atoms with Crippen molar-refractivity contribution in [3.05, 3.63) is 40.6 Å². The molecule has 0 radical (unpaired) electrons. The first-order chi connectivity index (χ1) is 11.1. The first-order valence-corrected chi connectivity index (χ1v) is 8.29. The molecule has 130 valence electrons. The van der Waals surface area contributed by atoms with Gasteiger partial charge in [0.05, 0.1) is 23.9 Å². The fourth-order valence-corrected chi connectivity index (χ4v) is 2.53. The number of halogens is 1. The van der Waals surface area contributed by atoms with E-state index in [1.807, 2.05) is 27.7 Å². The molecule has 0 unspecified atom stereocenters. The average Bonchev–Trinajstić information content (AvgIpc) is 2.72. The third-order valence-corrected chi connectivity index (χ3v) is 4.85. The molecule has 0 atom stereocenters. The largest absolute Gasteiger partial charge is 0.491 e. The van der Waals surface area contributed by atoms with E-state index < -0.39 is 30.1 Å². The molecule has 0 N–H and O–H groups in total. The Kier molecular flexibility index (Phi) is 5.47. The highest BCUT2D eigenvalue weighted by atomic mass is 32.1. The van der Waals surface area contributed by atoms with Gasteiger partial charge in [-0.25, -0.2) is 9.18 Å². The molecule has 1 aliphatic rings. The zero-order valence-corrected chi connectivity index (χ0v) is 15.4. The molecule has 1 heterocycles. The average molecular weight is 352 g/mol. The molecule has 0 aliphatic carbocycles. The van der Waals surface area contributed by atoms with Crippen molar-refractivity contribution in [2.45, 2.75) is 38.9 Å². The molecule has 1 aromatic rings. The number of thiol groups is 1. The molecule has 1 aromatic carbocycles. The lowest BCUT2D eigenvalue weighted by molar-refractivity contribution is 0.00578. The predicted molar refractivity (Wildman–Crippen MR) is 95.7 cm³/mol. The molecule has 4 nitrogen and oxygen atoms in total. The number of methoxy groups -OCH3 is 1. The summed E-state index contributed by atoms with van der Waals surface area (Å²) < 4.78 is 30.6. The molecule has 0 saturated carbocycles. The number of hydrogen-bond acceptors (Lipinski definition) is 5. The van der Waals surface area contributed by atoms with E-state index in [4.69, 9.17) is 9.31 Å². The van der Waals surface area contributed by atoms with Crippen molar-refractivity contribution in [2.75, 3.05) is 12.9 Å². The van der Waals surface area contributed by atoms with Crippen LogP contribution in [-0.4, -0.2) is 37.2 Å². The summed E-state index contributed by atoms with van der Waals surface area (Å²) in [7, 11) is 0.670. The van der Waals surface area contributed by atoms with E-state index in [9.17, 15) is 9.18 Å². The van der Waals surface area contributed by atoms with E-state index in [0.717, 1.165) is 5.47 Å². The predicted octanol–water partition coefficient (Wildman–Crippen LogP) is 3.56. The number of ether oxygens (including phenoxy) is 1. The van der Waals surface area contributed by atoms with Crippen LogP contribution < -0.4 is 0 Å². The van der Waals surface area contributed by atoms with Crippen molar-refractivity contribution in [1.29, 1.82) is 0 Å². The monoisotopic (exact) mass is 352 g/mol. The lowest BCUT2D eigenvalue weighted by Gasteiger charge is -2.32. The highest BCUT2D eigenvalue weighted by molar-refractivity contribution is 7.80. The van der Waals surface area contributed by atoms with Crippen LogP contribution in [0.1, 0.15) is 43.6 Å². The van der Waals surface area contributed by atoms with Gasteiger partial charge < -0.3 is 14.0 Å². The van der Waals surface area contributed by atoms with Crippen LogP contribution in [0.25, 0.3) is 6.08 Å². The fourth-order valence-electron chi connectivity index (χ4n) is 2.29. The van der Waals surface area contributed by atoms with E-state index in [0.29, 0.717) is 11.3 Å². The SMILES string of the molecule is COC(=O)c1ccc(C=C(CS)B2OC(C)(C)C(C)(C)O2)cc1F. The number of benzene rings is 1. The van der Waals surface area contributed by atoms with Gasteiger partial charge in [-0.05, 0) is 50.9 Å². The summed E-state index contributed by atoms with van der Waals surface area (Å²) in [6.45, 7) is 7.86. The maximum Gasteiger partial charge on any atom is 0.491 e. The van der Waals surface area contributed by atoms with E-state index >= 15 is 0 Å². The molecule has 2 rings (SSSR count). The third-order valence-electron chi connectivity index (χ3n) is 4.49. The third kappa shape index (κ3) is 3.68. The van der Waals surface area contributed by atoms with Crippen molar-refractivity contribution < 1.29 is 23.2 Å². The number of carbonyl (C=O) groups excluding carboxylic acids is 1. The summed E-state index contributed by atoms with van der Waals surface area (Å²) in [5.74, 6) is -0.941. The molecular weight excluding hydrogens is 330 g/mol. The van der Waals surface area contributed by atoms with Gasteiger partial charge >= 0.3 is 13.1 Å². The van der Waals surface area contributed by atoms with Crippen molar-refractivity contribution in [2.24, 2.45) is 0 Å². The maximum absolute atomic E-state index is 14.1. The Morgan fingerprint density at radius 1 is 1.29 bits per heavy atom. The summed E-state index contributed by atoms with van der Waals surface area (Å²) in [6.07, 6.45) is 1.76. The van der Waals surface area contributed by atoms with Gasteiger partial charge in [-0.1, -0.05) is 12.1 Å². The quantitative estimate of drug-likeness (QED) is 0.511. The molecule has 0 aromatic heterocycles. The lowest BCUT2D eigenvalue weighted by atomic mass is 9.78. The smallest absolute Gasteiger partial charge is 0.465 e. The highest BCUT2D eigenvalue weighted by Gasteiger charge is 2.52. The maximum atomic E-state index is 14.1. The summed E-state index contributed by atoms with van der Waals surface area (Å²) in [5.41, 5.74) is 0.359. The van der Waals surface area contributed by atoms with Crippen LogP contribution in [0.15, 0.2) is 23.7 Å². The normalized spacial score (nSPS) is 19.5. The summed E-state index contributed by atoms with van der Waals surface area (Å²) >= 11 is 4.33. The van der Waals surface area contributed by atoms with Crippen molar-refractivity contribution in [3.63, 3.8) is 0 Å². The minimum absolute atomic E-state index is 0.0993. The van der Waals surface area contributed by atoms with Gasteiger partial charge in [0.25, 0.3) is 0 Å². The first kappa shape index (κ1) is 19.0. The number of esters is 1. The van der Waals surface area contributed by atoms with E-state index in [1.165, 1.54) is 19.2 Å². The Labute approximate surface area is 147 Å². The van der Waals surface area contributed by atoms with Crippen LogP contribution in [0, 0.1) is 5.82 Å². The topological polar surface area (TPSA) is 44.8 Å². The van der Waals surface area contributed by atoms with Gasteiger partial charge in [-0.3, -0.25) is 0 Å². The Hall–Kier alpha value is -1.31. The molecule has 0 bridgehead atoms.